The number of anilines is 1. The van der Waals surface area contributed by atoms with Gasteiger partial charge in [-0.15, -0.1) is 0 Å². The van der Waals surface area contributed by atoms with Crippen molar-refractivity contribution in [3.05, 3.63) is 39.4 Å². The number of aliphatic imine (C=N–C) groups is 2. The minimum atomic E-state index is -0.477. The highest BCUT2D eigenvalue weighted by Crippen LogP contribution is 2.25. The molecule has 0 spiro atoms. The first-order valence-corrected chi connectivity index (χ1v) is 10.5. The Morgan fingerprint density at radius 1 is 1.39 bits per heavy atom. The van der Waals surface area contributed by atoms with Crippen LogP contribution in [0.5, 0.6) is 0 Å². The van der Waals surface area contributed by atoms with Gasteiger partial charge in [0.2, 0.25) is 5.84 Å². The van der Waals surface area contributed by atoms with E-state index in [0.29, 0.717) is 36.5 Å². The van der Waals surface area contributed by atoms with Gasteiger partial charge in [-0.2, -0.15) is 5.43 Å². The van der Waals surface area contributed by atoms with Crippen LogP contribution in [0.1, 0.15) is 25.0 Å². The number of nitro groups is 1. The Bertz CT molecular complexity index is 819. The molecule has 1 unspecified atom stereocenters. The molecule has 0 saturated heterocycles. The highest BCUT2D eigenvalue weighted by molar-refractivity contribution is 8.17. The SMILES string of the molecule is CCc1cccc(CC)c1NN=C(C1=NCCN1CC1CN=C(Cl)S1)[N+](=O)[O-]. The van der Waals surface area contributed by atoms with Crippen molar-refractivity contribution in [2.24, 2.45) is 15.1 Å². The maximum Gasteiger partial charge on any atom is 0.430 e. The first-order chi connectivity index (χ1) is 13.5. The van der Waals surface area contributed by atoms with E-state index >= 15 is 0 Å². The van der Waals surface area contributed by atoms with Crippen LogP contribution in [0.4, 0.5) is 5.69 Å². The second-order valence-electron chi connectivity index (χ2n) is 6.45. The molecule has 1 N–H and O–H groups in total. The second kappa shape index (κ2) is 9.38. The summed E-state index contributed by atoms with van der Waals surface area (Å²) in [7, 11) is 0. The second-order valence-corrected chi connectivity index (χ2v) is 8.32. The fourth-order valence-corrected chi connectivity index (χ4v) is 4.54. The summed E-state index contributed by atoms with van der Waals surface area (Å²) < 4.78 is 0.538. The fourth-order valence-electron chi connectivity index (χ4n) is 3.27. The van der Waals surface area contributed by atoms with Crippen molar-refractivity contribution in [1.29, 1.82) is 0 Å². The average Bonchev–Trinajstić information content (AvgIpc) is 3.31. The van der Waals surface area contributed by atoms with E-state index in [1.807, 2.05) is 36.9 Å². The first-order valence-electron chi connectivity index (χ1n) is 9.28. The maximum atomic E-state index is 11.7. The molecule has 150 valence electrons. The average molecular weight is 423 g/mol. The number of rotatable bonds is 7. The lowest BCUT2D eigenvalue weighted by molar-refractivity contribution is -0.346. The lowest BCUT2D eigenvalue weighted by Gasteiger charge is -2.21. The summed E-state index contributed by atoms with van der Waals surface area (Å²) >= 11 is 7.43. The Morgan fingerprint density at radius 3 is 2.68 bits per heavy atom. The van der Waals surface area contributed by atoms with Crippen LogP contribution in [0.15, 0.2) is 33.3 Å². The minimum Gasteiger partial charge on any atom is -0.358 e. The molecule has 3 rings (SSSR count). The van der Waals surface area contributed by atoms with Crippen LogP contribution in [-0.2, 0) is 12.8 Å². The zero-order valence-corrected chi connectivity index (χ0v) is 17.5. The van der Waals surface area contributed by atoms with Gasteiger partial charge < -0.3 is 15.0 Å². The van der Waals surface area contributed by atoms with Crippen molar-refractivity contribution in [1.82, 2.24) is 4.90 Å². The first kappa shape index (κ1) is 20.6. The molecule has 10 heteroatoms. The zero-order valence-electron chi connectivity index (χ0n) is 15.9. The number of para-hydroxylation sites is 1. The van der Waals surface area contributed by atoms with Gasteiger partial charge in [-0.05, 0) is 28.9 Å². The lowest BCUT2D eigenvalue weighted by Crippen LogP contribution is -2.41. The quantitative estimate of drug-likeness (QED) is 0.315. The van der Waals surface area contributed by atoms with Crippen LogP contribution < -0.4 is 5.43 Å². The molecule has 0 bridgehead atoms. The molecule has 2 aliphatic heterocycles. The number of hydrogen-bond acceptors (Lipinski definition) is 8. The van der Waals surface area contributed by atoms with Crippen molar-refractivity contribution >= 4 is 45.2 Å². The van der Waals surface area contributed by atoms with E-state index in [-0.39, 0.29) is 11.1 Å². The van der Waals surface area contributed by atoms with E-state index in [2.05, 4.69) is 20.5 Å². The molecule has 1 atom stereocenters. The van der Waals surface area contributed by atoms with Gasteiger partial charge in [0.05, 0.1) is 23.9 Å². The largest absolute Gasteiger partial charge is 0.430 e. The number of hydrazone groups is 1. The predicted molar refractivity (Wildman–Crippen MR) is 117 cm³/mol. The zero-order chi connectivity index (χ0) is 20.1. The summed E-state index contributed by atoms with van der Waals surface area (Å²) in [4.78, 5) is 21.7. The van der Waals surface area contributed by atoms with Crippen molar-refractivity contribution in [2.45, 2.75) is 31.9 Å². The van der Waals surface area contributed by atoms with Crippen molar-refractivity contribution in [3.63, 3.8) is 0 Å². The smallest absolute Gasteiger partial charge is 0.358 e. The number of benzene rings is 1. The Kier molecular flexibility index (Phi) is 6.90. The summed E-state index contributed by atoms with van der Waals surface area (Å²) in [5.41, 5.74) is 5.94. The summed E-state index contributed by atoms with van der Waals surface area (Å²) in [5, 5.41) is 16.1. The summed E-state index contributed by atoms with van der Waals surface area (Å²) in [6.45, 7) is 6.45. The van der Waals surface area contributed by atoms with Gasteiger partial charge in [-0.1, -0.05) is 55.4 Å². The van der Waals surface area contributed by atoms with Crippen molar-refractivity contribution in [3.8, 4) is 0 Å². The van der Waals surface area contributed by atoms with Crippen LogP contribution in [0.25, 0.3) is 0 Å². The van der Waals surface area contributed by atoms with Crippen LogP contribution in [0, 0.1) is 10.1 Å². The number of nitrogens with zero attached hydrogens (tertiary/aromatic N) is 5. The maximum absolute atomic E-state index is 11.7. The van der Waals surface area contributed by atoms with Gasteiger partial charge in [0.15, 0.2) is 4.50 Å². The molecule has 1 aromatic rings. The van der Waals surface area contributed by atoms with Crippen molar-refractivity contribution < 1.29 is 4.92 Å². The molecule has 0 radical (unpaired) electrons. The highest BCUT2D eigenvalue weighted by atomic mass is 35.5. The molecule has 1 aromatic carbocycles. The molecule has 0 aromatic heterocycles. The Labute approximate surface area is 173 Å². The predicted octanol–water partition coefficient (Wildman–Crippen LogP) is 3.24. The highest BCUT2D eigenvalue weighted by Gasteiger charge is 2.33. The molecule has 8 nitrogen and oxygen atoms in total. The lowest BCUT2D eigenvalue weighted by atomic mass is 10.0. The fraction of sp³-hybridized carbons (Fsp3) is 0.500. The van der Waals surface area contributed by atoms with E-state index in [9.17, 15) is 10.1 Å². The third-order valence-electron chi connectivity index (χ3n) is 4.68. The van der Waals surface area contributed by atoms with Crippen LogP contribution >= 0.6 is 23.4 Å². The molecule has 0 fully saturated rings. The van der Waals surface area contributed by atoms with Gasteiger partial charge in [-0.3, -0.25) is 9.98 Å². The number of hydrogen-bond donors (Lipinski definition) is 1. The Hall–Kier alpha value is -2.13. The third kappa shape index (κ3) is 4.64. The van der Waals surface area contributed by atoms with Gasteiger partial charge in [0.1, 0.15) is 0 Å². The minimum absolute atomic E-state index is 0.171. The van der Waals surface area contributed by atoms with Gasteiger partial charge in [0, 0.05) is 18.3 Å². The monoisotopic (exact) mass is 422 g/mol. The number of amidine groups is 2. The number of nitrogens with one attached hydrogen (secondary N) is 1. The van der Waals surface area contributed by atoms with E-state index in [0.717, 1.165) is 29.7 Å². The normalized spacial score (nSPS) is 19.6. The van der Waals surface area contributed by atoms with Gasteiger partial charge in [-0.25, -0.2) is 0 Å². The Morgan fingerprint density at radius 2 is 2.11 bits per heavy atom. The standard InChI is InChI=1S/C18H23ClN6O2S/c1-3-12-6-5-7-13(4-2)15(12)22-23-17(25(26)27)16-20-8-9-24(16)11-14-10-21-18(19)28-14/h5-7,14,22H,3-4,8-11H2,1-2H3. The molecule has 2 heterocycles. The molecule has 0 aliphatic carbocycles. The summed E-state index contributed by atoms with van der Waals surface area (Å²) in [6, 6.07) is 6.00. The van der Waals surface area contributed by atoms with Crippen LogP contribution in [0.2, 0.25) is 0 Å². The summed E-state index contributed by atoms with van der Waals surface area (Å²) in [6.07, 6.45) is 1.62. The molecular weight excluding hydrogens is 400 g/mol. The number of thioether (sulfide) groups is 1. The van der Waals surface area contributed by atoms with Crippen LogP contribution in [0.3, 0.4) is 0 Å². The van der Waals surface area contributed by atoms with E-state index in [1.165, 1.54) is 11.8 Å². The number of aryl methyl sites for hydroxylation is 2. The van der Waals surface area contributed by atoms with E-state index in [4.69, 9.17) is 11.6 Å². The van der Waals surface area contributed by atoms with Gasteiger partial charge in [0.25, 0.3) is 0 Å². The topological polar surface area (TPSA) is 95.5 Å². The molecule has 0 saturated carbocycles. The Balaban J connectivity index is 1.81. The molecular formula is C18H23ClN6O2S. The number of halogens is 1. The molecule has 2 aliphatic rings. The molecule has 0 amide bonds. The van der Waals surface area contributed by atoms with E-state index in [1.54, 1.807) is 0 Å². The summed E-state index contributed by atoms with van der Waals surface area (Å²) in [5.74, 6) is 0.0496. The van der Waals surface area contributed by atoms with Crippen LogP contribution in [-0.4, -0.2) is 57.4 Å². The van der Waals surface area contributed by atoms with E-state index < -0.39 is 4.92 Å². The van der Waals surface area contributed by atoms with Gasteiger partial charge >= 0.3 is 5.84 Å². The van der Waals surface area contributed by atoms with Crippen molar-refractivity contribution in [2.75, 3.05) is 31.6 Å². The molecule has 28 heavy (non-hydrogen) atoms. The third-order valence-corrected chi connectivity index (χ3v) is 6.03.